The molecule has 4 heteroatoms. The van der Waals surface area contributed by atoms with Crippen LogP contribution in [0.2, 0.25) is 0 Å². The Hall–Kier alpha value is -2.62. The maximum Gasteiger partial charge on any atom is 0.349 e. The Morgan fingerprint density at radius 1 is 1.00 bits per heavy atom. The summed E-state index contributed by atoms with van der Waals surface area (Å²) in [6.07, 6.45) is 1.69. The van der Waals surface area contributed by atoms with Crippen molar-refractivity contribution in [1.82, 2.24) is 0 Å². The van der Waals surface area contributed by atoms with Crippen molar-refractivity contribution >= 4 is 12.3 Å². The van der Waals surface area contributed by atoms with Crippen LogP contribution in [-0.2, 0) is 11.2 Å². The van der Waals surface area contributed by atoms with Crippen molar-refractivity contribution in [2.45, 2.75) is 13.3 Å². The van der Waals surface area contributed by atoms with Gasteiger partial charge in [0.25, 0.3) is 0 Å². The van der Waals surface area contributed by atoms with Crippen LogP contribution < -0.4 is 9.47 Å². The predicted octanol–water partition coefficient (Wildman–Crippen LogP) is 3.05. The lowest BCUT2D eigenvalue weighted by Gasteiger charge is -2.07. The number of hydrogen-bond acceptors (Lipinski definition) is 4. The number of aryl methyl sites for hydroxylation is 1. The molecule has 21 heavy (non-hydrogen) atoms. The van der Waals surface area contributed by atoms with E-state index >= 15 is 0 Å². The third kappa shape index (κ3) is 4.45. The predicted molar refractivity (Wildman–Crippen MR) is 78.8 cm³/mol. The Kier molecular flexibility index (Phi) is 5.10. The van der Waals surface area contributed by atoms with Gasteiger partial charge in [-0.15, -0.1) is 0 Å². The Labute approximate surface area is 123 Å². The van der Waals surface area contributed by atoms with E-state index in [2.05, 4.69) is 6.92 Å². The zero-order chi connectivity index (χ0) is 15.1. The Morgan fingerprint density at radius 3 is 2.19 bits per heavy atom. The number of rotatable bonds is 6. The van der Waals surface area contributed by atoms with E-state index in [1.165, 1.54) is 5.56 Å². The van der Waals surface area contributed by atoms with Gasteiger partial charge in [-0.05, 0) is 48.4 Å². The molecule has 0 N–H and O–H groups in total. The van der Waals surface area contributed by atoms with Gasteiger partial charge in [-0.1, -0.05) is 19.1 Å². The van der Waals surface area contributed by atoms with Crippen molar-refractivity contribution in [3.05, 3.63) is 59.7 Å². The summed E-state index contributed by atoms with van der Waals surface area (Å²) in [6, 6.07) is 13.9. The molecule has 108 valence electrons. The second kappa shape index (κ2) is 7.24. The SMILES string of the molecule is CCc1ccc(OCC(=O)Oc2ccc(C=O)cc2)cc1. The molecule has 0 aliphatic carbocycles. The Balaban J connectivity index is 1.84. The summed E-state index contributed by atoms with van der Waals surface area (Å²) in [5, 5.41) is 0. The molecule has 0 saturated carbocycles. The van der Waals surface area contributed by atoms with Crippen LogP contribution in [0.1, 0.15) is 22.8 Å². The fourth-order valence-corrected chi connectivity index (χ4v) is 1.74. The number of carbonyl (C=O) groups excluding carboxylic acids is 2. The first-order valence-electron chi connectivity index (χ1n) is 6.69. The number of carbonyl (C=O) groups is 2. The van der Waals surface area contributed by atoms with Gasteiger partial charge in [0, 0.05) is 5.56 Å². The zero-order valence-electron chi connectivity index (χ0n) is 11.7. The lowest BCUT2D eigenvalue weighted by Crippen LogP contribution is -2.17. The van der Waals surface area contributed by atoms with E-state index in [0.717, 1.165) is 12.7 Å². The highest BCUT2D eigenvalue weighted by Gasteiger charge is 2.06. The van der Waals surface area contributed by atoms with Crippen LogP contribution in [-0.4, -0.2) is 18.9 Å². The summed E-state index contributed by atoms with van der Waals surface area (Å²) in [5.41, 5.74) is 1.74. The summed E-state index contributed by atoms with van der Waals surface area (Å²) < 4.78 is 10.5. The number of benzene rings is 2. The van der Waals surface area contributed by atoms with Crippen LogP contribution in [0.4, 0.5) is 0 Å². The van der Waals surface area contributed by atoms with Gasteiger partial charge in [-0.25, -0.2) is 4.79 Å². The van der Waals surface area contributed by atoms with E-state index in [9.17, 15) is 9.59 Å². The van der Waals surface area contributed by atoms with Gasteiger partial charge in [-0.2, -0.15) is 0 Å². The first-order chi connectivity index (χ1) is 10.2. The number of aldehydes is 1. The molecule has 0 radical (unpaired) electrons. The van der Waals surface area contributed by atoms with Crippen molar-refractivity contribution in [3.8, 4) is 11.5 Å². The van der Waals surface area contributed by atoms with E-state index in [0.29, 0.717) is 17.1 Å². The van der Waals surface area contributed by atoms with E-state index in [1.54, 1.807) is 24.3 Å². The summed E-state index contributed by atoms with van der Waals surface area (Å²) in [4.78, 5) is 22.2. The van der Waals surface area contributed by atoms with Crippen LogP contribution >= 0.6 is 0 Å². The molecule has 0 aromatic heterocycles. The number of ether oxygens (including phenoxy) is 2. The molecule has 0 fully saturated rings. The molecule has 0 aliphatic heterocycles. The summed E-state index contributed by atoms with van der Waals surface area (Å²) in [5.74, 6) is 0.518. The van der Waals surface area contributed by atoms with Gasteiger partial charge >= 0.3 is 5.97 Å². The molecular formula is C17H16O4. The van der Waals surface area contributed by atoms with Gasteiger partial charge in [0.05, 0.1) is 0 Å². The van der Waals surface area contributed by atoms with Gasteiger partial charge in [0.2, 0.25) is 0 Å². The number of hydrogen-bond donors (Lipinski definition) is 0. The topological polar surface area (TPSA) is 52.6 Å². The van der Waals surface area contributed by atoms with E-state index < -0.39 is 5.97 Å². The maximum atomic E-state index is 11.6. The van der Waals surface area contributed by atoms with Crippen molar-refractivity contribution < 1.29 is 19.1 Å². The lowest BCUT2D eigenvalue weighted by atomic mass is 10.2. The largest absolute Gasteiger partial charge is 0.482 e. The summed E-state index contributed by atoms with van der Waals surface area (Å²) in [6.45, 7) is 1.91. The van der Waals surface area contributed by atoms with Crippen LogP contribution in [0.3, 0.4) is 0 Å². The van der Waals surface area contributed by atoms with Gasteiger partial charge in [0.1, 0.15) is 17.8 Å². The highest BCUT2D eigenvalue weighted by Crippen LogP contribution is 2.14. The lowest BCUT2D eigenvalue weighted by molar-refractivity contribution is -0.136. The molecule has 0 saturated heterocycles. The van der Waals surface area contributed by atoms with Gasteiger partial charge in [0.15, 0.2) is 6.61 Å². The molecule has 0 atom stereocenters. The molecule has 4 nitrogen and oxygen atoms in total. The minimum atomic E-state index is -0.492. The third-order valence-corrected chi connectivity index (χ3v) is 2.94. The van der Waals surface area contributed by atoms with Crippen LogP contribution in [0, 0.1) is 0 Å². The molecule has 0 unspecified atom stereocenters. The highest BCUT2D eigenvalue weighted by molar-refractivity contribution is 5.76. The van der Waals surface area contributed by atoms with Crippen molar-refractivity contribution in [2.75, 3.05) is 6.61 Å². The minimum Gasteiger partial charge on any atom is -0.482 e. The van der Waals surface area contributed by atoms with Crippen LogP contribution in [0.15, 0.2) is 48.5 Å². The van der Waals surface area contributed by atoms with Gasteiger partial charge in [-0.3, -0.25) is 4.79 Å². The zero-order valence-corrected chi connectivity index (χ0v) is 11.7. The van der Waals surface area contributed by atoms with E-state index in [4.69, 9.17) is 9.47 Å². The average Bonchev–Trinajstić information content (AvgIpc) is 2.54. The van der Waals surface area contributed by atoms with Crippen LogP contribution in [0.25, 0.3) is 0 Å². The molecule has 2 aromatic rings. The van der Waals surface area contributed by atoms with Crippen molar-refractivity contribution in [2.24, 2.45) is 0 Å². The molecule has 0 amide bonds. The first kappa shape index (κ1) is 14.8. The third-order valence-electron chi connectivity index (χ3n) is 2.94. The van der Waals surface area contributed by atoms with Crippen molar-refractivity contribution in [3.63, 3.8) is 0 Å². The van der Waals surface area contributed by atoms with E-state index in [1.807, 2.05) is 24.3 Å². The molecule has 0 heterocycles. The fourth-order valence-electron chi connectivity index (χ4n) is 1.74. The minimum absolute atomic E-state index is 0.166. The second-order valence-corrected chi connectivity index (χ2v) is 4.45. The smallest absolute Gasteiger partial charge is 0.349 e. The summed E-state index contributed by atoms with van der Waals surface area (Å²) in [7, 11) is 0. The Morgan fingerprint density at radius 2 is 1.62 bits per heavy atom. The maximum absolute atomic E-state index is 11.6. The first-order valence-corrected chi connectivity index (χ1v) is 6.69. The molecular weight excluding hydrogens is 268 g/mol. The quantitative estimate of drug-likeness (QED) is 0.465. The highest BCUT2D eigenvalue weighted by atomic mass is 16.6. The number of esters is 1. The second-order valence-electron chi connectivity index (χ2n) is 4.45. The molecule has 2 aromatic carbocycles. The summed E-state index contributed by atoms with van der Waals surface area (Å²) >= 11 is 0. The molecule has 2 rings (SSSR count). The molecule has 0 spiro atoms. The fraction of sp³-hybridized carbons (Fsp3) is 0.176. The van der Waals surface area contributed by atoms with Crippen molar-refractivity contribution in [1.29, 1.82) is 0 Å². The molecule has 0 aliphatic rings. The monoisotopic (exact) mass is 284 g/mol. The average molecular weight is 284 g/mol. The Bertz CT molecular complexity index is 600. The normalized spacial score (nSPS) is 9.95. The van der Waals surface area contributed by atoms with Crippen LogP contribution in [0.5, 0.6) is 11.5 Å². The standard InChI is InChI=1S/C17H16O4/c1-2-13-3-7-15(8-4-13)20-12-17(19)21-16-9-5-14(11-18)6-10-16/h3-11H,2,12H2,1H3. The van der Waals surface area contributed by atoms with E-state index in [-0.39, 0.29) is 6.61 Å². The van der Waals surface area contributed by atoms with Gasteiger partial charge < -0.3 is 9.47 Å². The molecule has 0 bridgehead atoms.